The highest BCUT2D eigenvalue weighted by molar-refractivity contribution is 7.09. The summed E-state index contributed by atoms with van der Waals surface area (Å²) in [5.41, 5.74) is 1.28. The highest BCUT2D eigenvalue weighted by atomic mass is 32.1. The minimum atomic E-state index is 0.0547. The second-order valence-corrected chi connectivity index (χ2v) is 6.30. The molecule has 0 fully saturated rings. The summed E-state index contributed by atoms with van der Waals surface area (Å²) >= 11 is 1.71. The molecule has 0 amide bonds. The average Bonchev–Trinajstić information content (AvgIpc) is 2.95. The number of thiazole rings is 1. The molecule has 0 saturated heterocycles. The van der Waals surface area contributed by atoms with Gasteiger partial charge in [0.15, 0.2) is 0 Å². The lowest BCUT2D eigenvalue weighted by Crippen LogP contribution is -2.22. The fourth-order valence-corrected chi connectivity index (χ4v) is 2.24. The molecule has 2 aromatic rings. The van der Waals surface area contributed by atoms with Crippen LogP contribution in [0.15, 0.2) is 24.0 Å². The number of aromatic nitrogens is 3. The quantitative estimate of drug-likeness (QED) is 0.843. The predicted molar refractivity (Wildman–Crippen MR) is 74.7 cm³/mol. The molecule has 0 aliphatic rings. The molecule has 98 valence electrons. The van der Waals surface area contributed by atoms with Crippen LogP contribution in [0.2, 0.25) is 0 Å². The molecule has 2 heterocycles. The van der Waals surface area contributed by atoms with Crippen LogP contribution in [-0.4, -0.2) is 21.3 Å². The molecular weight excluding hydrogens is 244 g/mol. The van der Waals surface area contributed by atoms with Crippen molar-refractivity contribution in [2.75, 3.05) is 6.54 Å². The smallest absolute Gasteiger partial charge is 0.0937 e. The normalized spacial score (nSPS) is 11.9. The van der Waals surface area contributed by atoms with Crippen molar-refractivity contribution in [1.82, 2.24) is 20.1 Å². The Bertz CT molecular complexity index is 467. The Morgan fingerprint density at radius 3 is 2.83 bits per heavy atom. The molecule has 0 aliphatic carbocycles. The Kier molecular flexibility index (Phi) is 4.14. The molecule has 2 aromatic heterocycles. The van der Waals surface area contributed by atoms with Gasteiger partial charge in [0.25, 0.3) is 0 Å². The molecule has 2 rings (SSSR count). The predicted octanol–water partition coefficient (Wildman–Crippen LogP) is 2.43. The highest BCUT2D eigenvalue weighted by Crippen LogP contribution is 2.13. The summed E-state index contributed by atoms with van der Waals surface area (Å²) in [4.78, 5) is 4.26. The maximum Gasteiger partial charge on any atom is 0.0937 e. The van der Waals surface area contributed by atoms with Gasteiger partial charge < -0.3 is 5.32 Å². The summed E-state index contributed by atoms with van der Waals surface area (Å²) in [6.45, 7) is 8.27. The molecule has 0 bridgehead atoms. The fourth-order valence-electron chi connectivity index (χ4n) is 1.62. The minimum absolute atomic E-state index is 0.0547. The average molecular weight is 264 g/mol. The van der Waals surface area contributed by atoms with Crippen LogP contribution in [0.5, 0.6) is 0 Å². The summed E-state index contributed by atoms with van der Waals surface area (Å²) in [7, 11) is 0. The Labute approximate surface area is 112 Å². The van der Waals surface area contributed by atoms with Crippen LogP contribution in [0.1, 0.15) is 31.3 Å². The summed E-state index contributed by atoms with van der Waals surface area (Å²) in [6, 6.07) is 0. The van der Waals surface area contributed by atoms with Gasteiger partial charge in [0.2, 0.25) is 0 Å². The fraction of sp³-hybridized carbons (Fsp3) is 0.538. The molecule has 5 heteroatoms. The van der Waals surface area contributed by atoms with E-state index in [0.29, 0.717) is 0 Å². The number of hydrogen-bond donors (Lipinski definition) is 1. The van der Waals surface area contributed by atoms with Gasteiger partial charge in [-0.3, -0.25) is 4.68 Å². The van der Waals surface area contributed by atoms with E-state index in [2.05, 4.69) is 42.4 Å². The third-order valence-corrected chi connectivity index (χ3v) is 3.49. The lowest BCUT2D eigenvalue weighted by molar-refractivity contribution is 0.355. The van der Waals surface area contributed by atoms with Crippen molar-refractivity contribution in [3.63, 3.8) is 0 Å². The largest absolute Gasteiger partial charge is 0.312 e. The van der Waals surface area contributed by atoms with E-state index in [1.54, 1.807) is 11.3 Å². The molecule has 0 unspecified atom stereocenters. The van der Waals surface area contributed by atoms with E-state index in [4.69, 9.17) is 0 Å². The summed E-state index contributed by atoms with van der Waals surface area (Å²) in [5.74, 6) is 0. The zero-order valence-electron chi connectivity index (χ0n) is 11.2. The highest BCUT2D eigenvalue weighted by Gasteiger charge is 2.13. The van der Waals surface area contributed by atoms with Gasteiger partial charge in [-0.15, -0.1) is 11.3 Å². The SMILES string of the molecule is CC(C)(C)n1cc(CNCCc2nccs2)cn1. The maximum atomic E-state index is 4.38. The van der Waals surface area contributed by atoms with E-state index in [9.17, 15) is 0 Å². The first kappa shape index (κ1) is 13.2. The molecule has 0 radical (unpaired) electrons. The lowest BCUT2D eigenvalue weighted by atomic mass is 10.1. The van der Waals surface area contributed by atoms with Crippen molar-refractivity contribution in [3.8, 4) is 0 Å². The molecule has 1 N–H and O–H groups in total. The Morgan fingerprint density at radius 1 is 1.39 bits per heavy atom. The van der Waals surface area contributed by atoms with E-state index >= 15 is 0 Å². The second kappa shape index (κ2) is 5.63. The standard InChI is InChI=1S/C13H20N4S/c1-13(2,3)17-10-11(9-16-17)8-14-5-4-12-15-6-7-18-12/h6-7,9-10,14H,4-5,8H2,1-3H3. The second-order valence-electron chi connectivity index (χ2n) is 5.32. The number of nitrogens with zero attached hydrogens (tertiary/aromatic N) is 3. The van der Waals surface area contributed by atoms with Crippen molar-refractivity contribution in [2.24, 2.45) is 0 Å². The maximum absolute atomic E-state index is 4.38. The molecular formula is C13H20N4S. The summed E-state index contributed by atoms with van der Waals surface area (Å²) in [5, 5.41) is 11.0. The van der Waals surface area contributed by atoms with Gasteiger partial charge in [-0.05, 0) is 20.8 Å². The van der Waals surface area contributed by atoms with Crippen LogP contribution in [0.25, 0.3) is 0 Å². The van der Waals surface area contributed by atoms with Crippen LogP contribution >= 0.6 is 11.3 Å². The zero-order chi connectivity index (χ0) is 13.0. The summed E-state index contributed by atoms with van der Waals surface area (Å²) in [6.07, 6.45) is 6.89. The van der Waals surface area contributed by atoms with Gasteiger partial charge in [0, 0.05) is 42.8 Å². The molecule has 0 saturated carbocycles. The number of hydrogen-bond acceptors (Lipinski definition) is 4. The van der Waals surface area contributed by atoms with Crippen molar-refractivity contribution >= 4 is 11.3 Å². The van der Waals surface area contributed by atoms with Gasteiger partial charge in [-0.2, -0.15) is 5.10 Å². The van der Waals surface area contributed by atoms with E-state index in [0.717, 1.165) is 19.5 Å². The van der Waals surface area contributed by atoms with Crippen molar-refractivity contribution in [3.05, 3.63) is 34.5 Å². The number of nitrogens with one attached hydrogen (secondary N) is 1. The van der Waals surface area contributed by atoms with Crippen molar-refractivity contribution in [2.45, 2.75) is 39.3 Å². The van der Waals surface area contributed by atoms with Gasteiger partial charge in [-0.25, -0.2) is 4.98 Å². The Morgan fingerprint density at radius 2 is 2.22 bits per heavy atom. The van der Waals surface area contributed by atoms with E-state index in [-0.39, 0.29) is 5.54 Å². The van der Waals surface area contributed by atoms with Gasteiger partial charge in [0.1, 0.15) is 0 Å². The molecule has 4 nitrogen and oxygen atoms in total. The Balaban J connectivity index is 1.75. The monoisotopic (exact) mass is 264 g/mol. The number of rotatable bonds is 5. The first-order valence-corrected chi connectivity index (χ1v) is 7.07. The summed E-state index contributed by atoms with van der Waals surface area (Å²) < 4.78 is 2.00. The topological polar surface area (TPSA) is 42.7 Å². The zero-order valence-corrected chi connectivity index (χ0v) is 12.0. The Hall–Kier alpha value is -1.20. The van der Waals surface area contributed by atoms with E-state index in [1.165, 1.54) is 10.6 Å². The van der Waals surface area contributed by atoms with Crippen LogP contribution < -0.4 is 5.32 Å². The van der Waals surface area contributed by atoms with Gasteiger partial charge in [-0.1, -0.05) is 0 Å². The van der Waals surface area contributed by atoms with Crippen LogP contribution in [0.4, 0.5) is 0 Å². The van der Waals surface area contributed by atoms with Gasteiger partial charge in [0.05, 0.1) is 16.7 Å². The first-order valence-electron chi connectivity index (χ1n) is 6.19. The molecule has 0 spiro atoms. The molecule has 0 atom stereocenters. The third kappa shape index (κ3) is 3.65. The van der Waals surface area contributed by atoms with Gasteiger partial charge >= 0.3 is 0 Å². The van der Waals surface area contributed by atoms with Crippen LogP contribution in [0.3, 0.4) is 0 Å². The molecule has 0 aromatic carbocycles. The third-order valence-electron chi connectivity index (χ3n) is 2.65. The van der Waals surface area contributed by atoms with Crippen molar-refractivity contribution < 1.29 is 0 Å². The molecule has 18 heavy (non-hydrogen) atoms. The lowest BCUT2D eigenvalue weighted by Gasteiger charge is -2.18. The van der Waals surface area contributed by atoms with Crippen molar-refractivity contribution in [1.29, 1.82) is 0 Å². The van der Waals surface area contributed by atoms with Crippen LogP contribution in [-0.2, 0) is 18.5 Å². The molecule has 0 aliphatic heterocycles. The van der Waals surface area contributed by atoms with E-state index < -0.39 is 0 Å². The first-order chi connectivity index (χ1) is 8.55. The van der Waals surface area contributed by atoms with E-state index in [1.807, 2.05) is 22.5 Å². The van der Waals surface area contributed by atoms with Crippen LogP contribution in [0, 0.1) is 0 Å². The minimum Gasteiger partial charge on any atom is -0.312 e.